The zero-order valence-electron chi connectivity index (χ0n) is 15.9. The Balaban J connectivity index is 1.75. The standard InChI is InChI=1S/C20H21N3O4S/c1-4-15-7-12(10-21)20(28-15)22-19(25)13-8-18(24)23(11-13)14-5-6-16(26-2)17(9-14)27-3/h5-7,9,13H,4,8,11H2,1-3H3,(H,22,25). The monoisotopic (exact) mass is 399 g/mol. The van der Waals surface area contributed by atoms with Crippen LogP contribution < -0.4 is 19.7 Å². The molecule has 2 heterocycles. The van der Waals surface area contributed by atoms with E-state index < -0.39 is 5.92 Å². The molecule has 2 amide bonds. The van der Waals surface area contributed by atoms with E-state index in [1.54, 1.807) is 36.3 Å². The molecular formula is C20H21N3O4S. The van der Waals surface area contributed by atoms with Gasteiger partial charge in [0.1, 0.15) is 11.1 Å². The van der Waals surface area contributed by atoms with Gasteiger partial charge in [-0.25, -0.2) is 0 Å². The first kappa shape index (κ1) is 19.7. The summed E-state index contributed by atoms with van der Waals surface area (Å²) in [5.74, 6) is 0.218. The highest BCUT2D eigenvalue weighted by molar-refractivity contribution is 7.16. The van der Waals surface area contributed by atoms with E-state index in [9.17, 15) is 14.9 Å². The van der Waals surface area contributed by atoms with Crippen LogP contribution in [0.1, 0.15) is 23.8 Å². The van der Waals surface area contributed by atoms with E-state index in [0.29, 0.717) is 27.8 Å². The largest absolute Gasteiger partial charge is 0.493 e. The number of nitrogens with zero attached hydrogens (tertiary/aromatic N) is 2. The van der Waals surface area contributed by atoms with Crippen molar-refractivity contribution in [3.63, 3.8) is 0 Å². The number of thiophene rings is 1. The molecule has 1 aromatic heterocycles. The zero-order chi connectivity index (χ0) is 20.3. The van der Waals surface area contributed by atoms with Crippen molar-refractivity contribution in [2.45, 2.75) is 19.8 Å². The van der Waals surface area contributed by atoms with Crippen LogP contribution in [0.4, 0.5) is 10.7 Å². The second kappa shape index (κ2) is 8.31. The predicted octanol–water partition coefficient (Wildman–Crippen LogP) is 3.19. The van der Waals surface area contributed by atoms with Crippen LogP contribution in [0, 0.1) is 17.2 Å². The Kier molecular flexibility index (Phi) is 5.85. The number of nitrogens with one attached hydrogen (secondary N) is 1. The van der Waals surface area contributed by atoms with Crippen molar-refractivity contribution in [1.82, 2.24) is 0 Å². The molecule has 2 aromatic rings. The second-order valence-electron chi connectivity index (χ2n) is 6.35. The molecule has 0 aliphatic carbocycles. The lowest BCUT2D eigenvalue weighted by Crippen LogP contribution is -2.28. The molecular weight excluding hydrogens is 378 g/mol. The maximum absolute atomic E-state index is 12.7. The van der Waals surface area contributed by atoms with Crippen molar-refractivity contribution in [2.24, 2.45) is 5.92 Å². The molecule has 1 N–H and O–H groups in total. The number of nitriles is 1. The molecule has 3 rings (SSSR count). The van der Waals surface area contributed by atoms with Crippen molar-refractivity contribution < 1.29 is 19.1 Å². The molecule has 146 valence electrons. The molecule has 28 heavy (non-hydrogen) atoms. The number of carbonyl (C=O) groups is 2. The molecule has 1 aromatic carbocycles. The Morgan fingerprint density at radius 3 is 2.71 bits per heavy atom. The highest BCUT2D eigenvalue weighted by Gasteiger charge is 2.36. The summed E-state index contributed by atoms with van der Waals surface area (Å²) in [5, 5.41) is 12.6. The topological polar surface area (TPSA) is 91.7 Å². The van der Waals surface area contributed by atoms with E-state index in [-0.39, 0.29) is 24.8 Å². The van der Waals surface area contributed by atoms with E-state index in [4.69, 9.17) is 9.47 Å². The minimum Gasteiger partial charge on any atom is -0.493 e. The molecule has 1 fully saturated rings. The summed E-state index contributed by atoms with van der Waals surface area (Å²) in [6.07, 6.45) is 0.915. The number of benzene rings is 1. The average Bonchev–Trinajstić information content (AvgIpc) is 3.30. The third-order valence-corrected chi connectivity index (χ3v) is 5.86. The first-order chi connectivity index (χ1) is 13.5. The van der Waals surface area contributed by atoms with Gasteiger partial charge in [0.25, 0.3) is 0 Å². The third-order valence-electron chi connectivity index (χ3n) is 4.66. The van der Waals surface area contributed by atoms with Crippen molar-refractivity contribution >= 4 is 33.8 Å². The van der Waals surface area contributed by atoms with Crippen molar-refractivity contribution in [3.05, 3.63) is 34.7 Å². The molecule has 0 bridgehead atoms. The Morgan fingerprint density at radius 1 is 1.32 bits per heavy atom. The van der Waals surface area contributed by atoms with Crippen LogP contribution in [0.5, 0.6) is 11.5 Å². The van der Waals surface area contributed by atoms with Gasteiger partial charge < -0.3 is 19.7 Å². The van der Waals surface area contributed by atoms with Crippen LogP contribution in [0.25, 0.3) is 0 Å². The summed E-state index contributed by atoms with van der Waals surface area (Å²) in [6.45, 7) is 2.27. The van der Waals surface area contributed by atoms with Crippen LogP contribution in [-0.2, 0) is 16.0 Å². The van der Waals surface area contributed by atoms with Gasteiger partial charge in [-0.2, -0.15) is 5.26 Å². The molecule has 0 radical (unpaired) electrons. The van der Waals surface area contributed by atoms with Gasteiger partial charge in [-0.1, -0.05) is 6.92 Å². The summed E-state index contributed by atoms with van der Waals surface area (Å²) in [4.78, 5) is 27.8. The number of amides is 2. The maximum Gasteiger partial charge on any atom is 0.230 e. The van der Waals surface area contributed by atoms with E-state index in [0.717, 1.165) is 11.3 Å². The number of methoxy groups -OCH3 is 2. The van der Waals surface area contributed by atoms with Gasteiger partial charge in [-0.15, -0.1) is 11.3 Å². The number of ether oxygens (including phenoxy) is 2. The number of hydrogen-bond donors (Lipinski definition) is 1. The van der Waals surface area contributed by atoms with Gasteiger partial charge in [0.2, 0.25) is 11.8 Å². The SMILES string of the molecule is CCc1cc(C#N)c(NC(=O)C2CC(=O)N(c3ccc(OC)c(OC)c3)C2)s1. The molecule has 8 heteroatoms. The predicted molar refractivity (Wildman–Crippen MR) is 107 cm³/mol. The first-order valence-electron chi connectivity index (χ1n) is 8.86. The Morgan fingerprint density at radius 2 is 2.07 bits per heavy atom. The first-order valence-corrected chi connectivity index (χ1v) is 9.68. The van der Waals surface area contributed by atoms with Crippen LogP contribution in [0.2, 0.25) is 0 Å². The van der Waals surface area contributed by atoms with Crippen molar-refractivity contribution in [1.29, 1.82) is 5.26 Å². The fraction of sp³-hybridized carbons (Fsp3) is 0.350. The Bertz CT molecular complexity index is 947. The number of hydrogen-bond acceptors (Lipinski definition) is 6. The zero-order valence-corrected chi connectivity index (χ0v) is 16.8. The van der Waals surface area contributed by atoms with Gasteiger partial charge in [-0.3, -0.25) is 9.59 Å². The van der Waals surface area contributed by atoms with Crippen LogP contribution in [0.15, 0.2) is 24.3 Å². The van der Waals surface area contributed by atoms with Crippen molar-refractivity contribution in [3.8, 4) is 17.6 Å². The average molecular weight is 399 g/mol. The van der Waals surface area contributed by atoms with Gasteiger partial charge >= 0.3 is 0 Å². The van der Waals surface area contributed by atoms with Crippen molar-refractivity contribution in [2.75, 3.05) is 31.0 Å². The number of carbonyl (C=O) groups excluding carboxylic acids is 2. The minimum absolute atomic E-state index is 0.119. The molecule has 0 spiro atoms. The van der Waals surface area contributed by atoms with Gasteiger partial charge in [0, 0.05) is 29.6 Å². The molecule has 7 nitrogen and oxygen atoms in total. The molecule has 1 aliphatic rings. The highest BCUT2D eigenvalue weighted by atomic mass is 32.1. The van der Waals surface area contributed by atoms with Crippen LogP contribution >= 0.6 is 11.3 Å². The molecule has 1 saturated heterocycles. The quantitative estimate of drug-likeness (QED) is 0.805. The maximum atomic E-state index is 12.7. The van der Waals surface area contributed by atoms with Gasteiger partial charge in [0.05, 0.1) is 25.7 Å². The second-order valence-corrected chi connectivity index (χ2v) is 7.49. The lowest BCUT2D eigenvalue weighted by molar-refractivity contribution is -0.122. The van der Waals surface area contributed by atoms with E-state index in [1.165, 1.54) is 18.4 Å². The molecule has 1 atom stereocenters. The number of aryl methyl sites for hydroxylation is 1. The lowest BCUT2D eigenvalue weighted by Gasteiger charge is -2.18. The van der Waals surface area contributed by atoms with Gasteiger partial charge in [0.15, 0.2) is 11.5 Å². The summed E-state index contributed by atoms with van der Waals surface area (Å²) < 4.78 is 10.5. The molecule has 0 saturated carbocycles. The minimum atomic E-state index is -0.487. The summed E-state index contributed by atoms with van der Waals surface area (Å²) in [5.41, 5.74) is 1.11. The fourth-order valence-corrected chi connectivity index (χ4v) is 4.08. The Labute approximate surface area is 167 Å². The fourth-order valence-electron chi connectivity index (χ4n) is 3.13. The summed E-state index contributed by atoms with van der Waals surface area (Å²) >= 11 is 1.39. The highest BCUT2D eigenvalue weighted by Crippen LogP contribution is 2.35. The smallest absolute Gasteiger partial charge is 0.230 e. The summed E-state index contributed by atoms with van der Waals surface area (Å²) in [6, 6.07) is 9.11. The van der Waals surface area contributed by atoms with Crippen LogP contribution in [0.3, 0.4) is 0 Å². The summed E-state index contributed by atoms with van der Waals surface area (Å²) in [7, 11) is 3.07. The normalized spacial score (nSPS) is 16.0. The third kappa shape index (κ3) is 3.80. The van der Waals surface area contributed by atoms with E-state index in [2.05, 4.69) is 11.4 Å². The number of rotatable bonds is 6. The molecule has 1 unspecified atom stereocenters. The van der Waals surface area contributed by atoms with E-state index >= 15 is 0 Å². The van der Waals surface area contributed by atoms with Crippen LogP contribution in [-0.4, -0.2) is 32.6 Å². The lowest BCUT2D eigenvalue weighted by atomic mass is 10.1. The Hall–Kier alpha value is -3.05. The molecule has 1 aliphatic heterocycles. The number of anilines is 2. The van der Waals surface area contributed by atoms with Gasteiger partial charge in [-0.05, 0) is 24.6 Å². The van der Waals surface area contributed by atoms with E-state index in [1.807, 2.05) is 6.92 Å².